The van der Waals surface area contributed by atoms with Crippen molar-refractivity contribution in [1.82, 2.24) is 0 Å². The van der Waals surface area contributed by atoms with Crippen LogP contribution in [0.5, 0.6) is 5.75 Å². The van der Waals surface area contributed by atoms with E-state index < -0.39 is 6.10 Å². The van der Waals surface area contributed by atoms with Gasteiger partial charge in [-0.1, -0.05) is 6.07 Å². The summed E-state index contributed by atoms with van der Waals surface area (Å²) in [6, 6.07) is 5.96. The van der Waals surface area contributed by atoms with Crippen LogP contribution in [0.4, 0.5) is 0 Å². The molecule has 1 aromatic carbocycles. The Morgan fingerprint density at radius 2 is 1.86 bits per heavy atom. The number of nitrogens with two attached hydrogens (primary N) is 1. The van der Waals surface area contributed by atoms with Crippen LogP contribution in [0.15, 0.2) is 18.2 Å². The number of hydrogen-bond acceptors (Lipinski definition) is 3. The van der Waals surface area contributed by atoms with E-state index in [9.17, 15) is 5.11 Å². The lowest BCUT2D eigenvalue weighted by atomic mass is 10.1. The van der Waals surface area contributed by atoms with E-state index in [1.165, 1.54) is 0 Å². The second-order valence-electron chi connectivity index (χ2n) is 3.52. The maximum Gasteiger partial charge on any atom is 0.119 e. The summed E-state index contributed by atoms with van der Waals surface area (Å²) in [4.78, 5) is 0. The summed E-state index contributed by atoms with van der Waals surface area (Å²) in [6.45, 7) is 4.50. The van der Waals surface area contributed by atoms with Gasteiger partial charge < -0.3 is 15.6 Å². The van der Waals surface area contributed by atoms with Gasteiger partial charge in [-0.2, -0.15) is 0 Å². The zero-order valence-electron chi connectivity index (χ0n) is 8.66. The van der Waals surface area contributed by atoms with Crippen molar-refractivity contribution >= 4 is 0 Å². The van der Waals surface area contributed by atoms with E-state index >= 15 is 0 Å². The van der Waals surface area contributed by atoms with Crippen molar-refractivity contribution in [3.05, 3.63) is 29.3 Å². The first-order chi connectivity index (χ1) is 6.61. The quantitative estimate of drug-likeness (QED) is 0.753. The van der Waals surface area contributed by atoms with Gasteiger partial charge in [-0.25, -0.2) is 0 Å². The van der Waals surface area contributed by atoms with Crippen molar-refractivity contribution in [1.29, 1.82) is 0 Å². The molecule has 0 saturated heterocycles. The van der Waals surface area contributed by atoms with Gasteiger partial charge >= 0.3 is 0 Å². The fraction of sp³-hybridized carbons (Fsp3) is 0.455. The van der Waals surface area contributed by atoms with E-state index in [0.29, 0.717) is 0 Å². The summed E-state index contributed by atoms with van der Waals surface area (Å²) in [6.07, 6.45) is -0.587. The van der Waals surface area contributed by atoms with Gasteiger partial charge in [0, 0.05) is 6.54 Å². The predicted molar refractivity (Wildman–Crippen MR) is 56.5 cm³/mol. The van der Waals surface area contributed by atoms with Crippen LogP contribution in [0.2, 0.25) is 0 Å². The lowest BCUT2D eigenvalue weighted by Crippen LogP contribution is -2.26. The van der Waals surface area contributed by atoms with E-state index in [1.54, 1.807) is 0 Å². The molecule has 3 nitrogen and oxygen atoms in total. The van der Waals surface area contributed by atoms with Crippen LogP contribution in [-0.4, -0.2) is 24.4 Å². The van der Waals surface area contributed by atoms with Crippen LogP contribution in [0, 0.1) is 13.8 Å². The fourth-order valence-electron chi connectivity index (χ4n) is 1.28. The maximum absolute atomic E-state index is 9.21. The minimum absolute atomic E-state index is 0.227. The third kappa shape index (κ3) is 3.36. The van der Waals surface area contributed by atoms with Crippen LogP contribution in [-0.2, 0) is 0 Å². The third-order valence-corrected chi connectivity index (χ3v) is 1.91. The zero-order chi connectivity index (χ0) is 10.6. The molecule has 0 bridgehead atoms. The van der Waals surface area contributed by atoms with Crippen LogP contribution in [0.1, 0.15) is 11.1 Å². The van der Waals surface area contributed by atoms with Gasteiger partial charge in [0.05, 0.1) is 0 Å². The lowest BCUT2D eigenvalue weighted by molar-refractivity contribution is 0.114. The molecule has 1 aromatic rings. The normalized spacial score (nSPS) is 12.6. The molecule has 3 N–H and O–H groups in total. The molecular formula is C11H17NO2. The first kappa shape index (κ1) is 11.0. The number of hydrogen-bond donors (Lipinski definition) is 2. The van der Waals surface area contributed by atoms with E-state index in [4.69, 9.17) is 10.5 Å². The summed E-state index contributed by atoms with van der Waals surface area (Å²) in [7, 11) is 0. The van der Waals surface area contributed by atoms with Crippen molar-refractivity contribution in [2.75, 3.05) is 13.2 Å². The summed E-state index contributed by atoms with van der Waals surface area (Å²) < 4.78 is 5.39. The Hall–Kier alpha value is -1.06. The molecule has 0 amide bonds. The molecule has 0 spiro atoms. The van der Waals surface area contributed by atoms with Crippen molar-refractivity contribution in [2.45, 2.75) is 20.0 Å². The molecule has 3 heteroatoms. The number of rotatable bonds is 4. The highest BCUT2D eigenvalue weighted by Gasteiger charge is 2.02. The maximum atomic E-state index is 9.21. The number of benzene rings is 1. The number of ether oxygens (including phenoxy) is 1. The Bertz CT molecular complexity index is 279. The molecule has 0 radical (unpaired) electrons. The monoisotopic (exact) mass is 195 g/mol. The highest BCUT2D eigenvalue weighted by Crippen LogP contribution is 2.16. The first-order valence-electron chi connectivity index (χ1n) is 4.71. The standard InChI is InChI=1S/C11H17NO2/c1-8-3-9(2)5-11(4-8)14-7-10(13)6-12/h3-5,10,13H,6-7,12H2,1-2H3/t10-/m1/s1. The smallest absolute Gasteiger partial charge is 0.119 e. The number of aliphatic hydroxyl groups is 1. The van der Waals surface area contributed by atoms with Gasteiger partial charge in [0.15, 0.2) is 0 Å². The van der Waals surface area contributed by atoms with Gasteiger partial charge in [0.1, 0.15) is 18.5 Å². The van der Waals surface area contributed by atoms with Crippen LogP contribution < -0.4 is 10.5 Å². The van der Waals surface area contributed by atoms with Crippen LogP contribution in [0.3, 0.4) is 0 Å². The average Bonchev–Trinajstić information content (AvgIpc) is 2.12. The minimum atomic E-state index is -0.587. The molecule has 14 heavy (non-hydrogen) atoms. The summed E-state index contributed by atoms with van der Waals surface area (Å²) in [5, 5.41) is 9.21. The molecule has 0 heterocycles. The highest BCUT2D eigenvalue weighted by atomic mass is 16.5. The first-order valence-corrected chi connectivity index (χ1v) is 4.71. The SMILES string of the molecule is Cc1cc(C)cc(OC[C@H](O)CN)c1. The Kier molecular flexibility index (Phi) is 3.92. The third-order valence-electron chi connectivity index (χ3n) is 1.91. The Labute approximate surface area is 84.5 Å². The topological polar surface area (TPSA) is 55.5 Å². The molecular weight excluding hydrogens is 178 g/mol. The number of aliphatic hydroxyl groups excluding tert-OH is 1. The fourth-order valence-corrected chi connectivity index (χ4v) is 1.28. The second kappa shape index (κ2) is 4.98. The summed E-state index contributed by atoms with van der Waals surface area (Å²) in [5.74, 6) is 0.787. The highest BCUT2D eigenvalue weighted by molar-refractivity contribution is 5.32. The number of aryl methyl sites for hydroxylation is 2. The molecule has 78 valence electrons. The lowest BCUT2D eigenvalue weighted by Gasteiger charge is -2.11. The van der Waals surface area contributed by atoms with Crippen LogP contribution >= 0.6 is 0 Å². The largest absolute Gasteiger partial charge is 0.491 e. The van der Waals surface area contributed by atoms with Gasteiger partial charge in [-0.3, -0.25) is 0 Å². The van der Waals surface area contributed by atoms with Gasteiger partial charge in [-0.15, -0.1) is 0 Å². The molecule has 0 unspecified atom stereocenters. The van der Waals surface area contributed by atoms with E-state index in [-0.39, 0.29) is 13.2 Å². The summed E-state index contributed by atoms with van der Waals surface area (Å²) in [5.41, 5.74) is 7.58. The van der Waals surface area contributed by atoms with Gasteiger partial charge in [-0.05, 0) is 37.1 Å². The molecule has 1 rings (SSSR count). The van der Waals surface area contributed by atoms with Gasteiger partial charge in [0.25, 0.3) is 0 Å². The van der Waals surface area contributed by atoms with E-state index in [0.717, 1.165) is 16.9 Å². The molecule has 0 aliphatic carbocycles. The van der Waals surface area contributed by atoms with E-state index in [1.807, 2.05) is 26.0 Å². The summed E-state index contributed by atoms with van der Waals surface area (Å²) >= 11 is 0. The Morgan fingerprint density at radius 1 is 1.29 bits per heavy atom. The molecule has 0 aliphatic rings. The minimum Gasteiger partial charge on any atom is -0.491 e. The molecule has 0 aliphatic heterocycles. The molecule has 1 atom stereocenters. The second-order valence-corrected chi connectivity index (χ2v) is 3.52. The van der Waals surface area contributed by atoms with Crippen molar-refractivity contribution in [3.8, 4) is 5.75 Å². The van der Waals surface area contributed by atoms with Crippen molar-refractivity contribution < 1.29 is 9.84 Å². The zero-order valence-corrected chi connectivity index (χ0v) is 8.66. The molecule has 0 aromatic heterocycles. The Morgan fingerprint density at radius 3 is 2.36 bits per heavy atom. The average molecular weight is 195 g/mol. The Balaban J connectivity index is 2.58. The predicted octanol–water partition coefficient (Wildman–Crippen LogP) is 1.00. The molecule has 0 saturated carbocycles. The van der Waals surface area contributed by atoms with E-state index in [2.05, 4.69) is 6.07 Å². The van der Waals surface area contributed by atoms with Crippen molar-refractivity contribution in [2.24, 2.45) is 5.73 Å². The van der Waals surface area contributed by atoms with Crippen LogP contribution in [0.25, 0.3) is 0 Å². The molecule has 0 fully saturated rings. The van der Waals surface area contributed by atoms with Crippen molar-refractivity contribution in [3.63, 3.8) is 0 Å². The van der Waals surface area contributed by atoms with Gasteiger partial charge in [0.2, 0.25) is 0 Å².